The lowest BCUT2D eigenvalue weighted by atomic mass is 9.96. The van der Waals surface area contributed by atoms with E-state index in [0.717, 1.165) is 6.54 Å². The summed E-state index contributed by atoms with van der Waals surface area (Å²) < 4.78 is 0. The fourth-order valence-electron chi connectivity index (χ4n) is 2.09. The van der Waals surface area contributed by atoms with Crippen LogP contribution in [-0.4, -0.2) is 11.5 Å². The summed E-state index contributed by atoms with van der Waals surface area (Å²) in [5, 5.41) is 3.46. The molecule has 1 heterocycles. The van der Waals surface area contributed by atoms with Crippen LogP contribution in [0.5, 0.6) is 0 Å². The molecule has 0 radical (unpaired) electrons. The molecule has 88 valence electrons. The number of hydrogen-bond donors (Lipinski definition) is 1. The van der Waals surface area contributed by atoms with Crippen molar-refractivity contribution in [3.63, 3.8) is 0 Å². The van der Waals surface area contributed by atoms with Crippen LogP contribution < -0.4 is 5.32 Å². The first-order valence-corrected chi connectivity index (χ1v) is 6.05. The SMILES string of the molecule is CCNC(C)c1ccccc1-c1ccncc1. The molecule has 0 fully saturated rings. The predicted molar refractivity (Wildman–Crippen MR) is 71.8 cm³/mol. The third-order valence-electron chi connectivity index (χ3n) is 2.93. The molecular formula is C15H18N2. The number of nitrogens with one attached hydrogen (secondary N) is 1. The highest BCUT2D eigenvalue weighted by atomic mass is 14.9. The minimum atomic E-state index is 0.365. The Morgan fingerprint density at radius 2 is 1.82 bits per heavy atom. The van der Waals surface area contributed by atoms with Crippen molar-refractivity contribution >= 4 is 0 Å². The molecule has 0 aliphatic rings. The van der Waals surface area contributed by atoms with E-state index >= 15 is 0 Å². The van der Waals surface area contributed by atoms with E-state index in [0.29, 0.717) is 6.04 Å². The summed E-state index contributed by atoms with van der Waals surface area (Å²) in [4.78, 5) is 4.07. The van der Waals surface area contributed by atoms with Gasteiger partial charge in [0.1, 0.15) is 0 Å². The Bertz CT molecular complexity index is 465. The molecule has 17 heavy (non-hydrogen) atoms. The zero-order valence-electron chi connectivity index (χ0n) is 10.4. The summed E-state index contributed by atoms with van der Waals surface area (Å²) in [5.41, 5.74) is 3.84. The van der Waals surface area contributed by atoms with Crippen LogP contribution in [0.15, 0.2) is 48.8 Å². The lowest BCUT2D eigenvalue weighted by molar-refractivity contribution is 0.599. The van der Waals surface area contributed by atoms with Crippen LogP contribution in [0.4, 0.5) is 0 Å². The molecule has 0 bridgehead atoms. The number of benzene rings is 1. The summed E-state index contributed by atoms with van der Waals surface area (Å²) in [6, 6.07) is 13.0. The molecule has 2 rings (SSSR count). The summed E-state index contributed by atoms with van der Waals surface area (Å²) in [7, 11) is 0. The number of hydrogen-bond acceptors (Lipinski definition) is 2. The van der Waals surface area contributed by atoms with Gasteiger partial charge >= 0.3 is 0 Å². The van der Waals surface area contributed by atoms with E-state index in [1.165, 1.54) is 16.7 Å². The number of nitrogens with zero attached hydrogens (tertiary/aromatic N) is 1. The number of pyridine rings is 1. The summed E-state index contributed by atoms with van der Waals surface area (Å²) in [6.07, 6.45) is 3.67. The normalized spacial score (nSPS) is 12.4. The van der Waals surface area contributed by atoms with Gasteiger partial charge in [-0.2, -0.15) is 0 Å². The molecule has 2 aromatic rings. The largest absolute Gasteiger partial charge is 0.310 e. The van der Waals surface area contributed by atoms with Crippen molar-refractivity contribution in [3.05, 3.63) is 54.4 Å². The lowest BCUT2D eigenvalue weighted by Gasteiger charge is -2.17. The van der Waals surface area contributed by atoms with Gasteiger partial charge in [0, 0.05) is 18.4 Å². The first-order chi connectivity index (χ1) is 8.33. The Morgan fingerprint density at radius 3 is 2.53 bits per heavy atom. The molecule has 1 atom stereocenters. The van der Waals surface area contributed by atoms with Crippen LogP contribution in [0.3, 0.4) is 0 Å². The second-order valence-electron chi connectivity index (χ2n) is 4.10. The van der Waals surface area contributed by atoms with Gasteiger partial charge in [-0.25, -0.2) is 0 Å². The Hall–Kier alpha value is -1.67. The predicted octanol–water partition coefficient (Wildman–Crippen LogP) is 3.42. The highest BCUT2D eigenvalue weighted by molar-refractivity contribution is 5.67. The third-order valence-corrected chi connectivity index (χ3v) is 2.93. The monoisotopic (exact) mass is 226 g/mol. The lowest BCUT2D eigenvalue weighted by Crippen LogP contribution is -2.18. The van der Waals surface area contributed by atoms with E-state index in [4.69, 9.17) is 0 Å². The highest BCUT2D eigenvalue weighted by Crippen LogP contribution is 2.27. The van der Waals surface area contributed by atoms with Gasteiger partial charge in [-0.15, -0.1) is 0 Å². The van der Waals surface area contributed by atoms with Crippen molar-refractivity contribution in [1.29, 1.82) is 0 Å². The van der Waals surface area contributed by atoms with Gasteiger partial charge in [-0.05, 0) is 42.3 Å². The maximum atomic E-state index is 4.07. The van der Waals surface area contributed by atoms with Crippen LogP contribution in [0.25, 0.3) is 11.1 Å². The maximum Gasteiger partial charge on any atom is 0.0297 e. The Morgan fingerprint density at radius 1 is 1.12 bits per heavy atom. The van der Waals surface area contributed by atoms with Crippen molar-refractivity contribution in [2.24, 2.45) is 0 Å². The van der Waals surface area contributed by atoms with Crippen LogP contribution >= 0.6 is 0 Å². The number of rotatable bonds is 4. The van der Waals surface area contributed by atoms with E-state index in [9.17, 15) is 0 Å². The van der Waals surface area contributed by atoms with Crippen molar-refractivity contribution in [1.82, 2.24) is 10.3 Å². The fourth-order valence-corrected chi connectivity index (χ4v) is 2.09. The molecule has 0 aliphatic heterocycles. The zero-order valence-corrected chi connectivity index (χ0v) is 10.4. The van der Waals surface area contributed by atoms with E-state index in [2.05, 4.69) is 60.5 Å². The van der Waals surface area contributed by atoms with E-state index in [1.54, 1.807) is 0 Å². The topological polar surface area (TPSA) is 24.9 Å². The standard InChI is InChI=1S/C15H18N2/c1-3-17-12(2)14-6-4-5-7-15(14)13-8-10-16-11-9-13/h4-12,17H,3H2,1-2H3. The Kier molecular flexibility index (Phi) is 3.89. The van der Waals surface area contributed by atoms with Gasteiger partial charge in [0.25, 0.3) is 0 Å². The van der Waals surface area contributed by atoms with Crippen LogP contribution in [0, 0.1) is 0 Å². The van der Waals surface area contributed by atoms with Crippen molar-refractivity contribution < 1.29 is 0 Å². The minimum absolute atomic E-state index is 0.365. The molecule has 1 aromatic carbocycles. The number of aromatic nitrogens is 1. The molecule has 1 aromatic heterocycles. The Balaban J connectivity index is 2.41. The van der Waals surface area contributed by atoms with Crippen LogP contribution in [0.2, 0.25) is 0 Å². The fraction of sp³-hybridized carbons (Fsp3) is 0.267. The highest BCUT2D eigenvalue weighted by Gasteiger charge is 2.09. The quantitative estimate of drug-likeness (QED) is 0.864. The van der Waals surface area contributed by atoms with Crippen LogP contribution in [0.1, 0.15) is 25.5 Å². The summed E-state index contributed by atoms with van der Waals surface area (Å²) in [6.45, 7) is 5.31. The first kappa shape index (κ1) is 11.8. The molecule has 2 nitrogen and oxygen atoms in total. The smallest absolute Gasteiger partial charge is 0.0297 e. The summed E-state index contributed by atoms with van der Waals surface area (Å²) >= 11 is 0. The van der Waals surface area contributed by atoms with Gasteiger partial charge in [0.05, 0.1) is 0 Å². The second kappa shape index (κ2) is 5.60. The van der Waals surface area contributed by atoms with Crippen molar-refractivity contribution in [2.75, 3.05) is 6.54 Å². The van der Waals surface area contributed by atoms with Crippen LogP contribution in [-0.2, 0) is 0 Å². The first-order valence-electron chi connectivity index (χ1n) is 6.05. The molecule has 2 heteroatoms. The van der Waals surface area contributed by atoms with Gasteiger partial charge < -0.3 is 5.32 Å². The minimum Gasteiger partial charge on any atom is -0.310 e. The molecule has 0 saturated heterocycles. The molecule has 1 N–H and O–H groups in total. The molecule has 0 saturated carbocycles. The third kappa shape index (κ3) is 2.71. The molecular weight excluding hydrogens is 208 g/mol. The zero-order chi connectivity index (χ0) is 12.1. The molecule has 0 aliphatic carbocycles. The van der Waals surface area contributed by atoms with Gasteiger partial charge in [0.15, 0.2) is 0 Å². The van der Waals surface area contributed by atoms with E-state index in [-0.39, 0.29) is 0 Å². The maximum absolute atomic E-state index is 4.07. The van der Waals surface area contributed by atoms with E-state index in [1.807, 2.05) is 12.4 Å². The van der Waals surface area contributed by atoms with Crippen molar-refractivity contribution in [2.45, 2.75) is 19.9 Å². The Labute approximate surface area is 103 Å². The molecule has 0 amide bonds. The van der Waals surface area contributed by atoms with Gasteiger partial charge in [0.2, 0.25) is 0 Å². The van der Waals surface area contributed by atoms with E-state index < -0.39 is 0 Å². The summed E-state index contributed by atoms with van der Waals surface area (Å²) in [5.74, 6) is 0. The second-order valence-corrected chi connectivity index (χ2v) is 4.10. The average molecular weight is 226 g/mol. The van der Waals surface area contributed by atoms with Gasteiger partial charge in [-0.3, -0.25) is 4.98 Å². The average Bonchev–Trinajstić information content (AvgIpc) is 2.40. The van der Waals surface area contributed by atoms with Crippen molar-refractivity contribution in [3.8, 4) is 11.1 Å². The van der Waals surface area contributed by atoms with Gasteiger partial charge in [-0.1, -0.05) is 31.2 Å². The molecule has 0 spiro atoms. The molecule has 1 unspecified atom stereocenters.